The Morgan fingerprint density at radius 2 is 1.86 bits per heavy atom. The molecule has 0 amide bonds. The number of nitrogens with zero attached hydrogens (tertiary/aromatic N) is 4. The van der Waals surface area contributed by atoms with Crippen molar-refractivity contribution in [2.24, 2.45) is 0 Å². The lowest BCUT2D eigenvalue weighted by Crippen LogP contribution is -2.41. The number of hydrogen-bond donors (Lipinski definition) is 1. The monoisotopic (exact) mass is 618 g/mol. The standard InChI is InChI=1S/C26H24F6N4O5S/c1-25(28,29)8-6-18-13-36(17-5-3-4-16(27)10-17)20-11-19(26(30,31)32)21(12-22(20)42(39,40)35(18)2)41-14-15-7-9-33-34-23(15)24(37)38/h3-5,7,9-12,18H,6,8,13-14H2,1-2H3,(H,37,38)/t18-/m1/s1. The highest BCUT2D eigenvalue weighted by Crippen LogP contribution is 2.46. The first-order valence-corrected chi connectivity index (χ1v) is 13.7. The molecular weight excluding hydrogens is 594 g/mol. The predicted octanol–water partition coefficient (Wildman–Crippen LogP) is 5.49. The first-order chi connectivity index (χ1) is 19.5. The molecule has 2 heterocycles. The van der Waals surface area contributed by atoms with Gasteiger partial charge in [-0.25, -0.2) is 26.4 Å². The van der Waals surface area contributed by atoms with Gasteiger partial charge in [-0.15, -0.1) is 5.10 Å². The zero-order chi connectivity index (χ0) is 31.0. The van der Waals surface area contributed by atoms with Gasteiger partial charge in [0.15, 0.2) is 5.69 Å². The number of hydrogen-bond acceptors (Lipinski definition) is 7. The van der Waals surface area contributed by atoms with Crippen molar-refractivity contribution in [2.45, 2.75) is 49.4 Å². The number of rotatable bonds is 8. The van der Waals surface area contributed by atoms with Gasteiger partial charge in [0.25, 0.3) is 0 Å². The van der Waals surface area contributed by atoms with Crippen molar-refractivity contribution in [2.75, 3.05) is 18.5 Å². The van der Waals surface area contributed by atoms with Crippen molar-refractivity contribution in [1.82, 2.24) is 14.5 Å². The molecule has 0 bridgehead atoms. The number of benzene rings is 2. The third kappa shape index (κ3) is 6.59. The van der Waals surface area contributed by atoms with Crippen molar-refractivity contribution in [3.8, 4) is 5.75 Å². The molecule has 1 atom stereocenters. The maximum atomic E-state index is 14.3. The lowest BCUT2D eigenvalue weighted by atomic mass is 10.1. The van der Waals surface area contributed by atoms with Crippen molar-refractivity contribution in [3.05, 3.63) is 71.3 Å². The van der Waals surface area contributed by atoms with Gasteiger partial charge in [-0.3, -0.25) is 0 Å². The van der Waals surface area contributed by atoms with Crippen molar-refractivity contribution < 1.29 is 49.4 Å². The summed E-state index contributed by atoms with van der Waals surface area (Å²) in [6.07, 6.45) is -5.07. The zero-order valence-corrected chi connectivity index (χ0v) is 22.9. The smallest absolute Gasteiger partial charge is 0.420 e. The summed E-state index contributed by atoms with van der Waals surface area (Å²) in [5.41, 5.74) is -2.61. The third-order valence-corrected chi connectivity index (χ3v) is 8.59. The number of sulfonamides is 1. The molecule has 1 aromatic heterocycles. The summed E-state index contributed by atoms with van der Waals surface area (Å²) in [6, 6.07) is 5.87. The van der Waals surface area contributed by atoms with Crippen LogP contribution in [0.25, 0.3) is 0 Å². The second-order valence-electron chi connectivity index (χ2n) is 9.69. The Morgan fingerprint density at radius 1 is 1.14 bits per heavy atom. The fraction of sp³-hybridized carbons (Fsp3) is 0.346. The molecule has 1 aliphatic rings. The number of fused-ring (bicyclic) bond motifs is 1. The molecule has 42 heavy (non-hydrogen) atoms. The number of carboxylic acid groups (broad SMARTS) is 1. The lowest BCUT2D eigenvalue weighted by molar-refractivity contribution is -0.139. The van der Waals surface area contributed by atoms with Gasteiger partial charge in [-0.1, -0.05) is 6.07 Å². The summed E-state index contributed by atoms with van der Waals surface area (Å²) in [5.74, 6) is -6.38. The molecule has 0 saturated carbocycles. The van der Waals surface area contributed by atoms with Crippen molar-refractivity contribution in [3.63, 3.8) is 0 Å². The van der Waals surface area contributed by atoms with E-state index in [0.29, 0.717) is 19.1 Å². The van der Waals surface area contributed by atoms with Crippen molar-refractivity contribution >= 4 is 27.4 Å². The molecule has 0 unspecified atom stereocenters. The number of carbonyl (C=O) groups is 1. The highest BCUT2D eigenvalue weighted by atomic mass is 32.2. The van der Waals surface area contributed by atoms with Crippen LogP contribution >= 0.6 is 0 Å². The molecular formula is C26H24F6N4O5S. The van der Waals surface area contributed by atoms with Crippen LogP contribution in [0.2, 0.25) is 0 Å². The van der Waals surface area contributed by atoms with Gasteiger partial charge in [0.2, 0.25) is 15.9 Å². The SMILES string of the molecule is CN1[C@H](CCC(C)(F)F)CN(c2cccc(F)c2)c2cc(C(F)(F)F)c(OCc3ccnnc3C(=O)O)cc2S1(=O)=O. The second kappa shape index (κ2) is 11.4. The van der Waals surface area contributed by atoms with E-state index >= 15 is 0 Å². The number of aromatic carboxylic acids is 1. The summed E-state index contributed by atoms with van der Waals surface area (Å²) in [5, 5.41) is 16.2. The Hall–Kier alpha value is -3.92. The zero-order valence-electron chi connectivity index (χ0n) is 22.1. The Balaban J connectivity index is 1.90. The van der Waals surface area contributed by atoms with Gasteiger partial charge in [-0.05, 0) is 43.7 Å². The predicted molar refractivity (Wildman–Crippen MR) is 137 cm³/mol. The lowest BCUT2D eigenvalue weighted by Gasteiger charge is -2.30. The third-order valence-electron chi connectivity index (χ3n) is 6.65. The van der Waals surface area contributed by atoms with E-state index in [-0.39, 0.29) is 24.2 Å². The molecule has 0 aliphatic carbocycles. The number of likely N-dealkylation sites (N-methyl/N-ethyl adjacent to an activating group) is 1. The van der Waals surface area contributed by atoms with Crippen LogP contribution in [-0.2, 0) is 22.8 Å². The molecule has 0 saturated heterocycles. The van der Waals surface area contributed by atoms with Crippen LogP contribution in [0.4, 0.5) is 37.7 Å². The van der Waals surface area contributed by atoms with E-state index in [9.17, 15) is 44.7 Å². The molecule has 226 valence electrons. The van der Waals surface area contributed by atoms with Gasteiger partial charge in [0.05, 0.1) is 17.4 Å². The molecule has 2 aromatic carbocycles. The van der Waals surface area contributed by atoms with Crippen LogP contribution in [0.15, 0.2) is 53.6 Å². The van der Waals surface area contributed by atoms with Gasteiger partial charge < -0.3 is 14.7 Å². The summed E-state index contributed by atoms with van der Waals surface area (Å²) in [6.45, 7) is -0.453. The maximum absolute atomic E-state index is 14.3. The van der Waals surface area contributed by atoms with Crippen LogP contribution in [0.3, 0.4) is 0 Å². The highest BCUT2D eigenvalue weighted by molar-refractivity contribution is 7.89. The fourth-order valence-electron chi connectivity index (χ4n) is 4.47. The Kier molecular flexibility index (Phi) is 8.42. The van der Waals surface area contributed by atoms with E-state index in [1.54, 1.807) is 0 Å². The van der Waals surface area contributed by atoms with Crippen LogP contribution < -0.4 is 9.64 Å². The maximum Gasteiger partial charge on any atom is 0.420 e. The van der Waals surface area contributed by atoms with Gasteiger partial charge in [0, 0.05) is 43.4 Å². The first kappa shape index (κ1) is 31.0. The van der Waals surface area contributed by atoms with Crippen LogP contribution in [0.1, 0.15) is 41.4 Å². The molecule has 16 heteroatoms. The minimum atomic E-state index is -5.09. The molecule has 0 spiro atoms. The van der Waals surface area contributed by atoms with E-state index in [0.717, 1.165) is 40.6 Å². The first-order valence-electron chi connectivity index (χ1n) is 12.3. The Morgan fingerprint density at radius 3 is 2.48 bits per heavy atom. The van der Waals surface area contributed by atoms with E-state index in [1.807, 2.05) is 0 Å². The average Bonchev–Trinajstić information content (AvgIpc) is 2.97. The summed E-state index contributed by atoms with van der Waals surface area (Å²) in [7, 11) is -3.51. The molecule has 0 radical (unpaired) electrons. The molecule has 3 aromatic rings. The van der Waals surface area contributed by atoms with Crippen LogP contribution in [0, 0.1) is 5.82 Å². The summed E-state index contributed by atoms with van der Waals surface area (Å²) < 4.78 is 118. The Bertz CT molecular complexity index is 1600. The highest BCUT2D eigenvalue weighted by Gasteiger charge is 2.42. The number of ether oxygens (including phenoxy) is 1. The number of halogens is 6. The van der Waals surface area contributed by atoms with E-state index in [4.69, 9.17) is 4.74 Å². The largest absolute Gasteiger partial charge is 0.488 e. The second-order valence-corrected chi connectivity index (χ2v) is 11.7. The minimum Gasteiger partial charge on any atom is -0.488 e. The topological polar surface area (TPSA) is 113 Å². The van der Waals surface area contributed by atoms with E-state index in [2.05, 4.69) is 10.2 Å². The van der Waals surface area contributed by atoms with E-state index in [1.165, 1.54) is 12.1 Å². The number of carboxylic acids is 1. The summed E-state index contributed by atoms with van der Waals surface area (Å²) in [4.78, 5) is 11.9. The van der Waals surface area contributed by atoms with Crippen LogP contribution in [-0.4, -0.2) is 59.6 Å². The molecule has 4 rings (SSSR count). The van der Waals surface area contributed by atoms with Gasteiger partial charge in [0.1, 0.15) is 23.1 Å². The van der Waals surface area contributed by atoms with Crippen molar-refractivity contribution in [1.29, 1.82) is 0 Å². The number of anilines is 2. The Labute approximate surface area is 236 Å². The minimum absolute atomic E-state index is 0.00855. The molecule has 1 N–H and O–H groups in total. The summed E-state index contributed by atoms with van der Waals surface area (Å²) >= 11 is 0. The molecule has 0 fully saturated rings. The number of alkyl halides is 5. The molecule has 1 aliphatic heterocycles. The molecule has 9 nitrogen and oxygen atoms in total. The van der Waals surface area contributed by atoms with Crippen LogP contribution in [0.5, 0.6) is 5.75 Å². The number of aromatic nitrogens is 2. The fourth-order valence-corrected chi connectivity index (χ4v) is 6.04. The normalized spacial score (nSPS) is 17.4. The van der Waals surface area contributed by atoms with Gasteiger partial charge >= 0.3 is 12.1 Å². The van der Waals surface area contributed by atoms with E-state index < -0.39 is 80.6 Å². The average molecular weight is 619 g/mol. The quantitative estimate of drug-likeness (QED) is 0.330. The van der Waals surface area contributed by atoms with Gasteiger partial charge in [-0.2, -0.15) is 22.6 Å².